The van der Waals surface area contributed by atoms with Crippen molar-refractivity contribution in [1.29, 1.82) is 0 Å². The molecule has 0 aromatic heterocycles. The first-order valence-corrected chi connectivity index (χ1v) is 7.87. The van der Waals surface area contributed by atoms with Crippen LogP contribution in [0, 0.1) is 0 Å². The van der Waals surface area contributed by atoms with E-state index in [4.69, 9.17) is 12.2 Å². The molecule has 1 aromatic carbocycles. The Hall–Kier alpha value is -0.580. The molecule has 0 aliphatic carbocycles. The van der Waals surface area contributed by atoms with Crippen molar-refractivity contribution < 1.29 is 0 Å². The maximum atomic E-state index is 5.52. The van der Waals surface area contributed by atoms with E-state index >= 15 is 0 Å². The van der Waals surface area contributed by atoms with E-state index in [2.05, 4.69) is 47.1 Å². The lowest BCUT2D eigenvalue weighted by molar-refractivity contribution is 0.193. The first-order chi connectivity index (χ1) is 8.79. The topological polar surface area (TPSA) is 6.48 Å². The smallest absolute Gasteiger partial charge is 0.136 e. The molecule has 1 aliphatic rings. The Balaban J connectivity index is 1.75. The molecule has 0 amide bonds. The van der Waals surface area contributed by atoms with Gasteiger partial charge < -0.3 is 9.80 Å². The van der Waals surface area contributed by atoms with Crippen molar-refractivity contribution in [1.82, 2.24) is 9.80 Å². The second-order valence-corrected chi connectivity index (χ2v) is 6.07. The van der Waals surface area contributed by atoms with Crippen molar-refractivity contribution >= 4 is 28.3 Å². The van der Waals surface area contributed by atoms with Crippen LogP contribution in [0.5, 0.6) is 0 Å². The van der Waals surface area contributed by atoms with Crippen molar-refractivity contribution in [3.63, 3.8) is 0 Å². The van der Waals surface area contributed by atoms with Gasteiger partial charge in [-0.2, -0.15) is 0 Å². The van der Waals surface area contributed by atoms with Crippen molar-refractivity contribution in [2.45, 2.75) is 12.7 Å². The van der Waals surface area contributed by atoms with Gasteiger partial charge in [0.2, 0.25) is 0 Å². The third kappa shape index (κ3) is 3.97. The van der Waals surface area contributed by atoms with Crippen LogP contribution in [0.4, 0.5) is 0 Å². The summed E-state index contributed by atoms with van der Waals surface area (Å²) in [4.78, 5) is 4.82. The number of piperazine rings is 1. The van der Waals surface area contributed by atoms with Crippen LogP contribution in [-0.2, 0) is 5.75 Å². The van der Waals surface area contributed by atoms with Crippen molar-refractivity contribution in [2.75, 3.05) is 32.7 Å². The highest BCUT2D eigenvalue weighted by molar-refractivity contribution is 8.22. The molecule has 98 valence electrons. The highest BCUT2D eigenvalue weighted by atomic mass is 32.2. The molecule has 1 saturated heterocycles. The van der Waals surface area contributed by atoms with Gasteiger partial charge in [0.25, 0.3) is 0 Å². The van der Waals surface area contributed by atoms with E-state index in [9.17, 15) is 0 Å². The second kappa shape index (κ2) is 7.12. The number of likely N-dealkylation sites (N-methyl/N-ethyl adjacent to an activating group) is 1. The minimum Gasteiger partial charge on any atom is -0.355 e. The molecule has 1 heterocycles. The maximum absolute atomic E-state index is 5.52. The van der Waals surface area contributed by atoms with E-state index in [1.54, 1.807) is 11.8 Å². The molecule has 0 bridgehead atoms. The summed E-state index contributed by atoms with van der Waals surface area (Å²) in [6, 6.07) is 10.5. The molecule has 2 nitrogen and oxygen atoms in total. The molecule has 1 fully saturated rings. The van der Waals surface area contributed by atoms with E-state index < -0.39 is 0 Å². The zero-order chi connectivity index (χ0) is 12.8. The molecule has 0 N–H and O–H groups in total. The Labute approximate surface area is 119 Å². The van der Waals surface area contributed by atoms with E-state index in [-0.39, 0.29) is 0 Å². The molecule has 2 rings (SSSR count). The summed E-state index contributed by atoms with van der Waals surface area (Å²) in [7, 11) is 0. The Morgan fingerprint density at radius 2 is 1.83 bits per heavy atom. The Morgan fingerprint density at radius 3 is 2.44 bits per heavy atom. The fourth-order valence-corrected chi connectivity index (χ4v) is 3.26. The summed E-state index contributed by atoms with van der Waals surface area (Å²) < 4.78 is 1.05. The van der Waals surface area contributed by atoms with Crippen molar-refractivity contribution in [3.8, 4) is 0 Å². The predicted molar refractivity (Wildman–Crippen MR) is 84.0 cm³/mol. The van der Waals surface area contributed by atoms with Gasteiger partial charge >= 0.3 is 0 Å². The van der Waals surface area contributed by atoms with Crippen LogP contribution in [-0.4, -0.2) is 46.8 Å². The number of nitrogens with zero attached hydrogens (tertiary/aromatic N) is 2. The first kappa shape index (κ1) is 13.8. The summed E-state index contributed by atoms with van der Waals surface area (Å²) >= 11 is 7.30. The lowest BCUT2D eigenvalue weighted by atomic mass is 10.2. The van der Waals surface area contributed by atoms with Crippen LogP contribution in [0.1, 0.15) is 12.5 Å². The van der Waals surface area contributed by atoms with Gasteiger partial charge in [0, 0.05) is 31.9 Å². The molecular weight excluding hydrogens is 260 g/mol. The highest BCUT2D eigenvalue weighted by Crippen LogP contribution is 2.17. The second-order valence-electron chi connectivity index (χ2n) is 4.46. The van der Waals surface area contributed by atoms with Crippen molar-refractivity contribution in [2.24, 2.45) is 0 Å². The van der Waals surface area contributed by atoms with Crippen LogP contribution in [0.3, 0.4) is 0 Å². The molecule has 0 radical (unpaired) electrons. The zero-order valence-electron chi connectivity index (χ0n) is 10.8. The molecule has 0 spiro atoms. The van der Waals surface area contributed by atoms with Crippen LogP contribution >= 0.6 is 24.0 Å². The largest absolute Gasteiger partial charge is 0.355 e. The Bertz CT molecular complexity index is 373. The average Bonchev–Trinajstić information content (AvgIpc) is 2.46. The lowest BCUT2D eigenvalue weighted by Crippen LogP contribution is -2.47. The average molecular weight is 280 g/mol. The van der Waals surface area contributed by atoms with Crippen LogP contribution < -0.4 is 0 Å². The molecule has 18 heavy (non-hydrogen) atoms. The molecule has 1 aliphatic heterocycles. The maximum Gasteiger partial charge on any atom is 0.136 e. The molecule has 0 atom stereocenters. The standard InChI is InChI=1S/C14H20N2S2/c1-2-15-8-10-16(11-9-15)14(17)18-12-13-6-4-3-5-7-13/h3-7H,2,8-12H2,1H3. The summed E-state index contributed by atoms with van der Waals surface area (Å²) in [6.45, 7) is 7.81. The van der Waals surface area contributed by atoms with Gasteiger partial charge in [0.05, 0.1) is 0 Å². The summed E-state index contributed by atoms with van der Waals surface area (Å²) in [5, 5.41) is 0. The number of benzene rings is 1. The van der Waals surface area contributed by atoms with Gasteiger partial charge in [-0.3, -0.25) is 0 Å². The number of rotatable bonds is 3. The minimum atomic E-state index is 0.980. The molecular formula is C14H20N2S2. The molecule has 4 heteroatoms. The lowest BCUT2D eigenvalue weighted by Gasteiger charge is -2.35. The van der Waals surface area contributed by atoms with Gasteiger partial charge in [0.1, 0.15) is 4.32 Å². The highest BCUT2D eigenvalue weighted by Gasteiger charge is 2.17. The quantitative estimate of drug-likeness (QED) is 0.785. The summed E-state index contributed by atoms with van der Waals surface area (Å²) in [5.41, 5.74) is 1.34. The first-order valence-electron chi connectivity index (χ1n) is 6.47. The van der Waals surface area contributed by atoms with E-state index in [1.165, 1.54) is 5.56 Å². The Morgan fingerprint density at radius 1 is 1.17 bits per heavy atom. The monoisotopic (exact) mass is 280 g/mol. The number of thiocarbonyl (C=S) groups is 1. The van der Waals surface area contributed by atoms with Gasteiger partial charge in [0.15, 0.2) is 0 Å². The minimum absolute atomic E-state index is 0.980. The number of hydrogen-bond acceptors (Lipinski definition) is 3. The van der Waals surface area contributed by atoms with Crippen LogP contribution in [0.15, 0.2) is 30.3 Å². The van der Waals surface area contributed by atoms with Crippen LogP contribution in [0.2, 0.25) is 0 Å². The molecule has 1 aromatic rings. The fraction of sp³-hybridized carbons (Fsp3) is 0.500. The number of hydrogen-bond donors (Lipinski definition) is 0. The van der Waals surface area contributed by atoms with E-state index in [0.717, 1.165) is 42.8 Å². The summed E-state index contributed by atoms with van der Waals surface area (Å²) in [6.07, 6.45) is 0. The SMILES string of the molecule is CCN1CCN(C(=S)SCc2ccccc2)CC1. The van der Waals surface area contributed by atoms with Crippen molar-refractivity contribution in [3.05, 3.63) is 35.9 Å². The third-order valence-corrected chi connectivity index (χ3v) is 4.88. The normalized spacial score (nSPS) is 16.8. The molecule has 0 saturated carbocycles. The van der Waals surface area contributed by atoms with E-state index in [0.29, 0.717) is 0 Å². The van der Waals surface area contributed by atoms with E-state index in [1.807, 2.05) is 0 Å². The fourth-order valence-electron chi connectivity index (χ4n) is 2.06. The zero-order valence-corrected chi connectivity index (χ0v) is 12.5. The predicted octanol–water partition coefficient (Wildman–Crippen LogP) is 2.84. The summed E-state index contributed by atoms with van der Waals surface area (Å²) in [5.74, 6) is 0.980. The van der Waals surface area contributed by atoms with Gasteiger partial charge in [-0.1, -0.05) is 61.2 Å². The van der Waals surface area contributed by atoms with Gasteiger partial charge in [-0.25, -0.2) is 0 Å². The number of thioether (sulfide) groups is 1. The third-order valence-electron chi connectivity index (χ3n) is 3.28. The van der Waals surface area contributed by atoms with Gasteiger partial charge in [-0.05, 0) is 12.1 Å². The Kier molecular flexibility index (Phi) is 5.47. The van der Waals surface area contributed by atoms with Gasteiger partial charge in [-0.15, -0.1) is 0 Å². The molecule has 0 unspecified atom stereocenters. The van der Waals surface area contributed by atoms with Crippen LogP contribution in [0.25, 0.3) is 0 Å².